The molecular formula is C17H25N3O3S. The summed E-state index contributed by atoms with van der Waals surface area (Å²) in [4.78, 5) is 23.9. The van der Waals surface area contributed by atoms with E-state index in [0.717, 1.165) is 25.0 Å². The van der Waals surface area contributed by atoms with Crippen LogP contribution in [0.2, 0.25) is 0 Å². The van der Waals surface area contributed by atoms with E-state index in [1.165, 1.54) is 17.8 Å². The average Bonchev–Trinajstić information content (AvgIpc) is 3.36. The van der Waals surface area contributed by atoms with Crippen molar-refractivity contribution in [3.05, 3.63) is 33.9 Å². The molecule has 0 aliphatic heterocycles. The fourth-order valence-electron chi connectivity index (χ4n) is 2.45. The zero-order chi connectivity index (χ0) is 17.7. The molecule has 0 heterocycles. The van der Waals surface area contributed by atoms with Crippen LogP contribution in [0.25, 0.3) is 0 Å². The lowest BCUT2D eigenvalue weighted by molar-refractivity contribution is -0.387. The van der Waals surface area contributed by atoms with Gasteiger partial charge in [0.1, 0.15) is 0 Å². The average molecular weight is 351 g/mol. The Labute approximate surface area is 146 Å². The molecule has 1 unspecified atom stereocenters. The van der Waals surface area contributed by atoms with E-state index >= 15 is 0 Å². The second-order valence-electron chi connectivity index (χ2n) is 6.62. The van der Waals surface area contributed by atoms with Crippen LogP contribution >= 0.6 is 11.8 Å². The second kappa shape index (κ2) is 8.48. The van der Waals surface area contributed by atoms with Gasteiger partial charge in [0.2, 0.25) is 0 Å². The number of rotatable bonds is 9. The summed E-state index contributed by atoms with van der Waals surface area (Å²) in [5.74, 6) is 1.53. The van der Waals surface area contributed by atoms with Gasteiger partial charge in [0.15, 0.2) is 0 Å². The SMILES string of the molecule is CC(C)CCSc1ccc(C(=O)NC(CN)C2CC2)cc1[N+](=O)[O-]. The number of nitro groups is 1. The van der Waals surface area contributed by atoms with Gasteiger partial charge < -0.3 is 11.1 Å². The normalized spacial score (nSPS) is 15.3. The van der Waals surface area contributed by atoms with Crippen molar-refractivity contribution in [2.24, 2.45) is 17.6 Å². The molecule has 1 aliphatic carbocycles. The molecule has 1 aromatic rings. The molecule has 0 saturated heterocycles. The highest BCUT2D eigenvalue weighted by molar-refractivity contribution is 7.99. The minimum Gasteiger partial charge on any atom is -0.348 e. The first-order valence-corrected chi connectivity index (χ1v) is 9.33. The number of nitrogens with one attached hydrogen (secondary N) is 1. The molecular weight excluding hydrogens is 326 g/mol. The third-order valence-corrected chi connectivity index (χ3v) is 5.23. The fourth-order valence-corrected chi connectivity index (χ4v) is 3.70. The fraction of sp³-hybridized carbons (Fsp3) is 0.588. The van der Waals surface area contributed by atoms with Crippen LogP contribution in [0.15, 0.2) is 23.1 Å². The molecule has 1 aromatic carbocycles. The van der Waals surface area contributed by atoms with Gasteiger partial charge in [-0.25, -0.2) is 0 Å². The molecule has 1 atom stereocenters. The van der Waals surface area contributed by atoms with E-state index < -0.39 is 4.92 Å². The van der Waals surface area contributed by atoms with Crippen LogP contribution < -0.4 is 11.1 Å². The van der Waals surface area contributed by atoms with Crippen molar-refractivity contribution < 1.29 is 9.72 Å². The van der Waals surface area contributed by atoms with Crippen molar-refractivity contribution >= 4 is 23.4 Å². The number of hydrogen-bond acceptors (Lipinski definition) is 5. The van der Waals surface area contributed by atoms with Crippen LogP contribution in [0, 0.1) is 22.0 Å². The maximum absolute atomic E-state index is 12.3. The maximum Gasteiger partial charge on any atom is 0.283 e. The Kier molecular flexibility index (Phi) is 6.62. The van der Waals surface area contributed by atoms with E-state index in [1.54, 1.807) is 12.1 Å². The van der Waals surface area contributed by atoms with Crippen molar-refractivity contribution in [2.45, 2.75) is 44.0 Å². The first kappa shape index (κ1) is 18.7. The van der Waals surface area contributed by atoms with Gasteiger partial charge in [0, 0.05) is 24.2 Å². The third kappa shape index (κ3) is 5.21. The van der Waals surface area contributed by atoms with Crippen molar-refractivity contribution in [1.82, 2.24) is 5.32 Å². The minimum absolute atomic E-state index is 0.00729. The highest BCUT2D eigenvalue weighted by atomic mass is 32.2. The van der Waals surface area contributed by atoms with Crippen molar-refractivity contribution in [3.8, 4) is 0 Å². The summed E-state index contributed by atoms with van der Waals surface area (Å²) in [6, 6.07) is 4.65. The summed E-state index contributed by atoms with van der Waals surface area (Å²) in [5.41, 5.74) is 6.00. The Bertz CT molecular complexity index is 603. The van der Waals surface area contributed by atoms with E-state index in [1.807, 2.05) is 0 Å². The summed E-state index contributed by atoms with van der Waals surface area (Å²) in [6.45, 7) is 4.63. The smallest absolute Gasteiger partial charge is 0.283 e. The zero-order valence-electron chi connectivity index (χ0n) is 14.2. The molecule has 1 amide bonds. The molecule has 1 saturated carbocycles. The second-order valence-corrected chi connectivity index (χ2v) is 7.76. The summed E-state index contributed by atoms with van der Waals surface area (Å²) in [5, 5.41) is 14.2. The number of hydrogen-bond donors (Lipinski definition) is 2. The van der Waals surface area contributed by atoms with Gasteiger partial charge in [-0.2, -0.15) is 0 Å². The number of thioether (sulfide) groups is 1. The lowest BCUT2D eigenvalue weighted by Crippen LogP contribution is -2.41. The molecule has 6 nitrogen and oxygen atoms in total. The minimum atomic E-state index is -0.421. The first-order valence-electron chi connectivity index (χ1n) is 8.34. The number of nitrogens with two attached hydrogens (primary N) is 1. The lowest BCUT2D eigenvalue weighted by atomic mass is 10.1. The van der Waals surface area contributed by atoms with Gasteiger partial charge in [-0.3, -0.25) is 14.9 Å². The van der Waals surface area contributed by atoms with Crippen LogP contribution in [0.5, 0.6) is 0 Å². The molecule has 0 spiro atoms. The summed E-state index contributed by atoms with van der Waals surface area (Å²) >= 11 is 1.46. The predicted octanol–water partition coefficient (Wildman–Crippen LogP) is 3.20. The number of nitrogens with zero attached hydrogens (tertiary/aromatic N) is 1. The van der Waals surface area contributed by atoms with Crippen LogP contribution in [0.4, 0.5) is 5.69 Å². The summed E-state index contributed by atoms with van der Waals surface area (Å²) in [7, 11) is 0. The van der Waals surface area contributed by atoms with Gasteiger partial charge >= 0.3 is 0 Å². The third-order valence-electron chi connectivity index (χ3n) is 4.13. The molecule has 132 valence electrons. The Morgan fingerprint density at radius 2 is 2.17 bits per heavy atom. The van der Waals surface area contributed by atoms with Crippen molar-refractivity contribution in [1.29, 1.82) is 0 Å². The Hall–Kier alpha value is -1.60. The monoisotopic (exact) mass is 351 g/mol. The number of amides is 1. The molecule has 24 heavy (non-hydrogen) atoms. The standard InChI is InChI=1S/C17H25N3O3S/c1-11(2)7-8-24-16-6-5-13(9-15(16)20(22)23)17(21)19-14(10-18)12-3-4-12/h5-6,9,11-12,14H,3-4,7-8,10,18H2,1-2H3,(H,19,21). The van der Waals surface area contributed by atoms with Gasteiger partial charge in [-0.05, 0) is 49.0 Å². The van der Waals surface area contributed by atoms with Crippen LogP contribution in [0.3, 0.4) is 0 Å². The molecule has 2 rings (SSSR count). The maximum atomic E-state index is 12.3. The van der Waals surface area contributed by atoms with Gasteiger partial charge in [-0.15, -0.1) is 11.8 Å². The van der Waals surface area contributed by atoms with Crippen molar-refractivity contribution in [2.75, 3.05) is 12.3 Å². The van der Waals surface area contributed by atoms with Crippen LogP contribution in [0.1, 0.15) is 43.5 Å². The highest BCUT2D eigenvalue weighted by Gasteiger charge is 2.31. The highest BCUT2D eigenvalue weighted by Crippen LogP contribution is 2.33. The Morgan fingerprint density at radius 1 is 1.46 bits per heavy atom. The predicted molar refractivity (Wildman–Crippen MR) is 96.3 cm³/mol. The number of carbonyl (C=O) groups is 1. The van der Waals surface area contributed by atoms with E-state index in [9.17, 15) is 14.9 Å². The van der Waals surface area contributed by atoms with Gasteiger partial charge in [-0.1, -0.05) is 13.8 Å². The summed E-state index contributed by atoms with van der Waals surface area (Å²) < 4.78 is 0. The van der Waals surface area contributed by atoms with E-state index in [2.05, 4.69) is 19.2 Å². The molecule has 0 aromatic heterocycles. The number of carbonyl (C=O) groups excluding carboxylic acids is 1. The Balaban J connectivity index is 2.09. The molecule has 3 N–H and O–H groups in total. The van der Waals surface area contributed by atoms with Crippen LogP contribution in [-0.2, 0) is 0 Å². The first-order chi connectivity index (χ1) is 11.4. The molecule has 0 radical (unpaired) electrons. The number of nitro benzene ring substituents is 1. The van der Waals surface area contributed by atoms with E-state index in [4.69, 9.17) is 5.73 Å². The molecule has 1 fully saturated rings. The molecule has 7 heteroatoms. The van der Waals surface area contributed by atoms with Crippen molar-refractivity contribution in [3.63, 3.8) is 0 Å². The largest absolute Gasteiger partial charge is 0.348 e. The molecule has 0 bridgehead atoms. The van der Waals surface area contributed by atoms with Gasteiger partial charge in [0.05, 0.1) is 9.82 Å². The summed E-state index contributed by atoms with van der Waals surface area (Å²) in [6.07, 6.45) is 3.14. The van der Waals surface area contributed by atoms with Gasteiger partial charge in [0.25, 0.3) is 11.6 Å². The topological polar surface area (TPSA) is 98.3 Å². The van der Waals surface area contributed by atoms with E-state index in [0.29, 0.717) is 28.8 Å². The Morgan fingerprint density at radius 3 is 2.71 bits per heavy atom. The van der Waals surface area contributed by atoms with E-state index in [-0.39, 0.29) is 17.6 Å². The lowest BCUT2D eigenvalue weighted by Gasteiger charge is -2.16. The van der Waals surface area contributed by atoms with Crippen LogP contribution in [-0.4, -0.2) is 29.2 Å². The molecule has 1 aliphatic rings. The quantitative estimate of drug-likeness (QED) is 0.404. The zero-order valence-corrected chi connectivity index (χ0v) is 15.0. The number of benzene rings is 1.